The first-order valence-corrected chi connectivity index (χ1v) is 7.52. The van der Waals surface area contributed by atoms with Gasteiger partial charge in [0, 0.05) is 24.2 Å². The van der Waals surface area contributed by atoms with Crippen molar-refractivity contribution in [1.82, 2.24) is 9.80 Å². The lowest BCUT2D eigenvalue weighted by atomic mass is 9.93. The van der Waals surface area contributed by atoms with Crippen molar-refractivity contribution < 1.29 is 14.3 Å². The van der Waals surface area contributed by atoms with Crippen LogP contribution in [0, 0.1) is 0 Å². The Labute approximate surface area is 119 Å². The van der Waals surface area contributed by atoms with Gasteiger partial charge in [0.1, 0.15) is 0 Å². The molecular formula is C15H22N2O3. The van der Waals surface area contributed by atoms with E-state index in [0.29, 0.717) is 6.67 Å². The summed E-state index contributed by atoms with van der Waals surface area (Å²) in [6.07, 6.45) is 3.89. The fourth-order valence-corrected chi connectivity index (χ4v) is 3.52. The predicted molar refractivity (Wildman–Crippen MR) is 73.8 cm³/mol. The molecule has 20 heavy (non-hydrogen) atoms. The second kappa shape index (κ2) is 5.30. The van der Waals surface area contributed by atoms with E-state index in [1.54, 1.807) is 0 Å². The monoisotopic (exact) mass is 278 g/mol. The van der Waals surface area contributed by atoms with Crippen molar-refractivity contribution in [3.8, 4) is 0 Å². The molecule has 2 heterocycles. The number of ether oxygens (including phenoxy) is 1. The topological polar surface area (TPSA) is 49.9 Å². The maximum absolute atomic E-state index is 12.4. The molecule has 0 radical (unpaired) electrons. The van der Waals surface area contributed by atoms with E-state index in [9.17, 15) is 9.59 Å². The van der Waals surface area contributed by atoms with Crippen molar-refractivity contribution in [1.29, 1.82) is 0 Å². The molecule has 110 valence electrons. The molecule has 0 aromatic carbocycles. The Balaban J connectivity index is 1.70. The molecule has 3 aliphatic rings. The third-order valence-corrected chi connectivity index (χ3v) is 4.31. The normalized spacial score (nSPS) is 32.0. The summed E-state index contributed by atoms with van der Waals surface area (Å²) in [5, 5.41) is 0. The Kier molecular flexibility index (Phi) is 3.65. The first-order chi connectivity index (χ1) is 9.56. The van der Waals surface area contributed by atoms with Gasteiger partial charge >= 0.3 is 0 Å². The summed E-state index contributed by atoms with van der Waals surface area (Å²) >= 11 is 0. The summed E-state index contributed by atoms with van der Waals surface area (Å²) < 4.78 is 5.69. The van der Waals surface area contributed by atoms with E-state index < -0.39 is 0 Å². The van der Waals surface area contributed by atoms with Crippen LogP contribution in [0.1, 0.15) is 39.5 Å². The quantitative estimate of drug-likeness (QED) is 0.714. The Hall–Kier alpha value is -1.20. The van der Waals surface area contributed by atoms with Crippen LogP contribution < -0.4 is 0 Å². The minimum atomic E-state index is -0.0588. The van der Waals surface area contributed by atoms with Gasteiger partial charge in [-0.15, -0.1) is 0 Å². The minimum Gasteiger partial charge on any atom is -0.373 e. The SMILES string of the molecule is CC1CN(CN2C(=O)C3=C(CCCC3)C2=O)CC(C)O1. The van der Waals surface area contributed by atoms with E-state index in [4.69, 9.17) is 4.74 Å². The second-order valence-electron chi connectivity index (χ2n) is 6.14. The van der Waals surface area contributed by atoms with E-state index in [0.717, 1.165) is 49.9 Å². The molecular weight excluding hydrogens is 256 g/mol. The molecule has 0 aromatic heterocycles. The summed E-state index contributed by atoms with van der Waals surface area (Å²) in [5.41, 5.74) is 1.55. The highest BCUT2D eigenvalue weighted by molar-refractivity contribution is 6.19. The summed E-state index contributed by atoms with van der Waals surface area (Å²) in [4.78, 5) is 28.3. The average Bonchev–Trinajstić information content (AvgIpc) is 2.64. The van der Waals surface area contributed by atoms with Gasteiger partial charge in [-0.1, -0.05) is 0 Å². The van der Waals surface area contributed by atoms with Gasteiger partial charge in [-0.2, -0.15) is 0 Å². The molecule has 5 nitrogen and oxygen atoms in total. The molecule has 1 saturated heterocycles. The highest BCUT2D eigenvalue weighted by Crippen LogP contribution is 2.33. The average molecular weight is 278 g/mol. The fraction of sp³-hybridized carbons (Fsp3) is 0.733. The van der Waals surface area contributed by atoms with Crippen LogP contribution in [0.15, 0.2) is 11.1 Å². The zero-order valence-corrected chi connectivity index (χ0v) is 12.2. The van der Waals surface area contributed by atoms with E-state index in [1.807, 2.05) is 13.8 Å². The number of rotatable bonds is 2. The molecule has 0 N–H and O–H groups in total. The zero-order valence-electron chi connectivity index (χ0n) is 12.2. The molecule has 1 aliphatic carbocycles. The Morgan fingerprint density at radius 3 is 2.00 bits per heavy atom. The van der Waals surface area contributed by atoms with Gasteiger partial charge in [-0.05, 0) is 39.5 Å². The highest BCUT2D eigenvalue weighted by atomic mass is 16.5. The van der Waals surface area contributed by atoms with Crippen LogP contribution in [0.2, 0.25) is 0 Å². The number of imide groups is 1. The maximum atomic E-state index is 12.4. The van der Waals surface area contributed by atoms with Gasteiger partial charge in [-0.3, -0.25) is 19.4 Å². The van der Waals surface area contributed by atoms with E-state index in [-0.39, 0.29) is 24.0 Å². The fourth-order valence-electron chi connectivity index (χ4n) is 3.52. The smallest absolute Gasteiger partial charge is 0.258 e. The lowest BCUT2D eigenvalue weighted by Crippen LogP contribution is -2.51. The molecule has 0 saturated carbocycles. The largest absolute Gasteiger partial charge is 0.373 e. The first kappa shape index (κ1) is 13.8. The Morgan fingerprint density at radius 2 is 1.50 bits per heavy atom. The zero-order chi connectivity index (χ0) is 14.3. The van der Waals surface area contributed by atoms with Crippen LogP contribution in [0.3, 0.4) is 0 Å². The highest BCUT2D eigenvalue weighted by Gasteiger charge is 2.40. The van der Waals surface area contributed by atoms with Crippen LogP contribution >= 0.6 is 0 Å². The van der Waals surface area contributed by atoms with Crippen molar-refractivity contribution in [2.24, 2.45) is 0 Å². The van der Waals surface area contributed by atoms with E-state index in [2.05, 4.69) is 4.90 Å². The van der Waals surface area contributed by atoms with Crippen molar-refractivity contribution in [3.63, 3.8) is 0 Å². The molecule has 1 fully saturated rings. The summed E-state index contributed by atoms with van der Waals surface area (Å²) in [6.45, 7) is 6.00. The lowest BCUT2D eigenvalue weighted by Gasteiger charge is -2.36. The van der Waals surface area contributed by atoms with Gasteiger partial charge in [0.25, 0.3) is 11.8 Å². The van der Waals surface area contributed by atoms with Gasteiger partial charge < -0.3 is 4.74 Å². The lowest BCUT2D eigenvalue weighted by molar-refractivity contribution is -0.143. The molecule has 2 amide bonds. The number of morpholine rings is 1. The first-order valence-electron chi connectivity index (χ1n) is 7.52. The molecule has 3 rings (SSSR count). The Morgan fingerprint density at radius 1 is 1.00 bits per heavy atom. The standard InChI is InChI=1S/C15H22N2O3/c1-10-7-16(8-11(2)20-10)9-17-14(18)12-5-3-4-6-13(12)15(17)19/h10-11H,3-9H2,1-2H3. The second-order valence-corrected chi connectivity index (χ2v) is 6.14. The third-order valence-electron chi connectivity index (χ3n) is 4.31. The number of carbonyl (C=O) groups is 2. The predicted octanol–water partition coefficient (Wildman–Crippen LogP) is 1.29. The maximum Gasteiger partial charge on any atom is 0.258 e. The minimum absolute atomic E-state index is 0.0588. The number of amides is 2. The van der Waals surface area contributed by atoms with Crippen molar-refractivity contribution >= 4 is 11.8 Å². The Bertz CT molecular complexity index is 434. The third kappa shape index (κ3) is 2.40. The number of carbonyl (C=O) groups excluding carboxylic acids is 2. The van der Waals surface area contributed by atoms with Crippen LogP contribution in [0.4, 0.5) is 0 Å². The van der Waals surface area contributed by atoms with Gasteiger partial charge in [0.15, 0.2) is 0 Å². The summed E-state index contributed by atoms with van der Waals surface area (Å²) in [6, 6.07) is 0. The molecule has 0 aromatic rings. The molecule has 0 spiro atoms. The van der Waals surface area contributed by atoms with Gasteiger partial charge in [0.2, 0.25) is 0 Å². The van der Waals surface area contributed by atoms with Crippen LogP contribution in [0.25, 0.3) is 0 Å². The summed E-state index contributed by atoms with van der Waals surface area (Å²) in [7, 11) is 0. The summed E-state index contributed by atoms with van der Waals surface area (Å²) in [5.74, 6) is -0.118. The van der Waals surface area contributed by atoms with Gasteiger partial charge in [-0.25, -0.2) is 0 Å². The van der Waals surface area contributed by atoms with Crippen LogP contribution in [-0.2, 0) is 14.3 Å². The molecule has 0 bridgehead atoms. The molecule has 2 aliphatic heterocycles. The van der Waals surface area contributed by atoms with E-state index >= 15 is 0 Å². The van der Waals surface area contributed by atoms with Crippen LogP contribution in [-0.4, -0.2) is 53.6 Å². The van der Waals surface area contributed by atoms with Crippen molar-refractivity contribution in [2.75, 3.05) is 19.8 Å². The van der Waals surface area contributed by atoms with Crippen molar-refractivity contribution in [2.45, 2.75) is 51.7 Å². The van der Waals surface area contributed by atoms with Crippen molar-refractivity contribution in [3.05, 3.63) is 11.1 Å². The number of nitrogens with zero attached hydrogens (tertiary/aromatic N) is 2. The molecule has 2 unspecified atom stereocenters. The molecule has 5 heteroatoms. The number of hydrogen-bond donors (Lipinski definition) is 0. The number of hydrogen-bond acceptors (Lipinski definition) is 4. The molecule has 2 atom stereocenters. The van der Waals surface area contributed by atoms with Gasteiger partial charge in [0.05, 0.1) is 18.9 Å². The van der Waals surface area contributed by atoms with E-state index in [1.165, 1.54) is 4.90 Å². The van der Waals surface area contributed by atoms with Crippen LogP contribution in [0.5, 0.6) is 0 Å².